The number of carboxylic acid groups (broad SMARTS) is 1. The Hall–Kier alpha value is -2.01. The minimum atomic E-state index is -0.990. The smallest absolute Gasteiger partial charge is 0.323 e. The molecule has 0 unspecified atom stereocenters. The van der Waals surface area contributed by atoms with Crippen molar-refractivity contribution in [3.8, 4) is 5.95 Å². The molecular weight excluding hydrogens is 210 g/mol. The van der Waals surface area contributed by atoms with Gasteiger partial charge >= 0.3 is 11.9 Å². The van der Waals surface area contributed by atoms with Gasteiger partial charge in [0.15, 0.2) is 0 Å². The Morgan fingerprint density at radius 1 is 1.50 bits per heavy atom. The van der Waals surface area contributed by atoms with Gasteiger partial charge in [-0.15, -0.1) is 5.48 Å². The largest absolute Gasteiger partial charge is 0.480 e. The van der Waals surface area contributed by atoms with E-state index in [0.717, 1.165) is 5.39 Å². The predicted molar refractivity (Wildman–Crippen MR) is 57.1 cm³/mol. The number of hydroxylamine groups is 1. The predicted octanol–water partition coefficient (Wildman–Crippen LogP) is 1.79. The molecule has 0 saturated heterocycles. The third kappa shape index (κ3) is 2.14. The first-order valence-corrected chi connectivity index (χ1v) is 4.80. The summed E-state index contributed by atoms with van der Waals surface area (Å²) in [7, 11) is 0. The Morgan fingerprint density at radius 2 is 2.25 bits per heavy atom. The number of benzene rings is 1. The van der Waals surface area contributed by atoms with E-state index in [1.54, 1.807) is 6.07 Å². The number of nitrogens with one attached hydrogen (secondary N) is 1. The van der Waals surface area contributed by atoms with Gasteiger partial charge in [0.1, 0.15) is 11.6 Å². The second-order valence-electron chi connectivity index (χ2n) is 3.38. The SMILES string of the molecule is C[C@H](NOc1cc2ccccc2o1)C(=O)O. The number of hydrogen-bond donors (Lipinski definition) is 2. The van der Waals surface area contributed by atoms with Crippen molar-refractivity contribution in [3.63, 3.8) is 0 Å². The molecule has 0 aliphatic heterocycles. The number of carboxylic acids is 1. The van der Waals surface area contributed by atoms with Crippen molar-refractivity contribution in [3.05, 3.63) is 30.3 Å². The highest BCUT2D eigenvalue weighted by atomic mass is 16.7. The third-order valence-electron chi connectivity index (χ3n) is 2.11. The molecule has 5 heteroatoms. The molecule has 0 fully saturated rings. The lowest BCUT2D eigenvalue weighted by Crippen LogP contribution is -2.35. The summed E-state index contributed by atoms with van der Waals surface area (Å²) in [6.45, 7) is 1.48. The molecule has 0 bridgehead atoms. The lowest BCUT2D eigenvalue weighted by atomic mass is 10.3. The molecule has 0 spiro atoms. The van der Waals surface area contributed by atoms with Crippen molar-refractivity contribution in [1.82, 2.24) is 5.48 Å². The van der Waals surface area contributed by atoms with Crippen LogP contribution in [0.4, 0.5) is 0 Å². The quantitative estimate of drug-likeness (QED) is 0.770. The lowest BCUT2D eigenvalue weighted by Gasteiger charge is -2.06. The molecular formula is C11H11NO4. The van der Waals surface area contributed by atoms with Crippen molar-refractivity contribution in [2.75, 3.05) is 0 Å². The van der Waals surface area contributed by atoms with Crippen LogP contribution in [0.3, 0.4) is 0 Å². The Bertz CT molecular complexity index is 472. The topological polar surface area (TPSA) is 71.7 Å². The molecule has 2 rings (SSSR count). The van der Waals surface area contributed by atoms with Crippen LogP contribution in [0.2, 0.25) is 0 Å². The molecule has 0 aliphatic rings. The van der Waals surface area contributed by atoms with Crippen molar-refractivity contribution in [2.24, 2.45) is 0 Å². The van der Waals surface area contributed by atoms with E-state index in [1.807, 2.05) is 24.3 Å². The fourth-order valence-electron chi connectivity index (χ4n) is 1.20. The first kappa shape index (κ1) is 10.5. The van der Waals surface area contributed by atoms with Crippen LogP contribution in [0.25, 0.3) is 11.0 Å². The third-order valence-corrected chi connectivity index (χ3v) is 2.11. The molecule has 5 nitrogen and oxygen atoms in total. The minimum Gasteiger partial charge on any atom is -0.480 e. The lowest BCUT2D eigenvalue weighted by molar-refractivity contribution is -0.141. The summed E-state index contributed by atoms with van der Waals surface area (Å²) in [5.74, 6) is -0.745. The zero-order valence-corrected chi connectivity index (χ0v) is 8.64. The first-order valence-electron chi connectivity index (χ1n) is 4.80. The minimum absolute atomic E-state index is 0.245. The van der Waals surface area contributed by atoms with Gasteiger partial charge in [0.2, 0.25) is 0 Å². The molecule has 2 N–H and O–H groups in total. The summed E-state index contributed by atoms with van der Waals surface area (Å²) in [6, 6.07) is 8.32. The van der Waals surface area contributed by atoms with Crippen LogP contribution in [0.1, 0.15) is 6.92 Å². The molecule has 16 heavy (non-hydrogen) atoms. The average molecular weight is 221 g/mol. The zero-order chi connectivity index (χ0) is 11.5. The van der Waals surface area contributed by atoms with Gasteiger partial charge in [-0.1, -0.05) is 18.2 Å². The number of hydrogen-bond acceptors (Lipinski definition) is 4. The molecule has 0 saturated carbocycles. The number of fused-ring (bicyclic) bond motifs is 1. The van der Waals surface area contributed by atoms with E-state index in [-0.39, 0.29) is 5.95 Å². The van der Waals surface area contributed by atoms with E-state index in [2.05, 4.69) is 5.48 Å². The fourth-order valence-corrected chi connectivity index (χ4v) is 1.20. The molecule has 0 amide bonds. The molecule has 1 aromatic carbocycles. The molecule has 0 aliphatic carbocycles. The number of carbonyl (C=O) groups is 1. The summed E-state index contributed by atoms with van der Waals surface area (Å²) in [6.07, 6.45) is 0. The van der Waals surface area contributed by atoms with Crippen molar-refractivity contribution >= 4 is 16.9 Å². The van der Waals surface area contributed by atoms with Crippen LogP contribution in [0, 0.1) is 0 Å². The van der Waals surface area contributed by atoms with Crippen LogP contribution in [0.5, 0.6) is 5.95 Å². The van der Waals surface area contributed by atoms with Gasteiger partial charge in [0.05, 0.1) is 0 Å². The summed E-state index contributed by atoms with van der Waals surface area (Å²) < 4.78 is 5.32. The number of rotatable bonds is 4. The Labute approximate surface area is 91.6 Å². The van der Waals surface area contributed by atoms with E-state index in [4.69, 9.17) is 14.4 Å². The average Bonchev–Trinajstić information content (AvgIpc) is 2.68. The fraction of sp³-hybridized carbons (Fsp3) is 0.182. The second-order valence-corrected chi connectivity index (χ2v) is 3.38. The van der Waals surface area contributed by atoms with Gasteiger partial charge in [-0.2, -0.15) is 0 Å². The van der Waals surface area contributed by atoms with Gasteiger partial charge in [-0.3, -0.25) is 4.79 Å². The maximum Gasteiger partial charge on any atom is 0.323 e. The molecule has 2 aromatic rings. The Balaban J connectivity index is 2.07. The summed E-state index contributed by atoms with van der Waals surface area (Å²) in [5, 5.41) is 9.53. The second kappa shape index (κ2) is 4.24. The molecule has 1 atom stereocenters. The standard InChI is InChI=1S/C11H11NO4/c1-7(11(13)14)12-16-10-6-8-4-2-3-5-9(8)15-10/h2-7,12H,1H3,(H,13,14)/t7-/m0/s1. The van der Waals surface area contributed by atoms with Crippen LogP contribution in [0.15, 0.2) is 34.7 Å². The van der Waals surface area contributed by atoms with Gasteiger partial charge in [0.25, 0.3) is 0 Å². The molecule has 1 heterocycles. The first-order chi connectivity index (χ1) is 7.66. The Morgan fingerprint density at radius 3 is 2.94 bits per heavy atom. The van der Waals surface area contributed by atoms with E-state index < -0.39 is 12.0 Å². The van der Waals surface area contributed by atoms with Crippen molar-refractivity contribution in [2.45, 2.75) is 13.0 Å². The highest BCUT2D eigenvalue weighted by molar-refractivity contribution is 5.78. The van der Waals surface area contributed by atoms with Crippen molar-refractivity contribution < 1.29 is 19.2 Å². The zero-order valence-electron chi connectivity index (χ0n) is 8.64. The number of para-hydroxylation sites is 1. The molecule has 0 radical (unpaired) electrons. The highest BCUT2D eigenvalue weighted by Gasteiger charge is 2.12. The maximum absolute atomic E-state index is 10.5. The number of aliphatic carboxylic acids is 1. The van der Waals surface area contributed by atoms with Crippen LogP contribution < -0.4 is 10.3 Å². The number of furan rings is 1. The monoisotopic (exact) mass is 221 g/mol. The highest BCUT2D eigenvalue weighted by Crippen LogP contribution is 2.23. The van der Waals surface area contributed by atoms with Crippen LogP contribution in [-0.2, 0) is 4.79 Å². The van der Waals surface area contributed by atoms with Gasteiger partial charge in [0, 0.05) is 11.5 Å². The van der Waals surface area contributed by atoms with E-state index >= 15 is 0 Å². The molecule has 84 valence electrons. The van der Waals surface area contributed by atoms with Gasteiger partial charge in [-0.25, -0.2) is 0 Å². The normalized spacial score (nSPS) is 12.6. The van der Waals surface area contributed by atoms with Gasteiger partial charge < -0.3 is 14.4 Å². The van der Waals surface area contributed by atoms with Crippen LogP contribution >= 0.6 is 0 Å². The van der Waals surface area contributed by atoms with E-state index in [0.29, 0.717) is 5.58 Å². The Kier molecular flexibility index (Phi) is 2.78. The maximum atomic E-state index is 10.5. The van der Waals surface area contributed by atoms with E-state index in [1.165, 1.54) is 6.92 Å². The summed E-state index contributed by atoms with van der Waals surface area (Å²) in [4.78, 5) is 15.5. The van der Waals surface area contributed by atoms with Crippen molar-refractivity contribution in [1.29, 1.82) is 0 Å². The summed E-state index contributed by atoms with van der Waals surface area (Å²) in [5.41, 5.74) is 3.06. The van der Waals surface area contributed by atoms with E-state index in [9.17, 15) is 4.79 Å². The summed E-state index contributed by atoms with van der Waals surface area (Å²) >= 11 is 0. The molecule has 1 aromatic heterocycles. The van der Waals surface area contributed by atoms with Gasteiger partial charge in [-0.05, 0) is 13.0 Å². The van der Waals surface area contributed by atoms with Crippen LogP contribution in [-0.4, -0.2) is 17.1 Å².